The number of nitrogens with one attached hydrogen (secondary N) is 2. The fraction of sp³-hybridized carbons (Fsp3) is 0.158. The standard InChI is InChI=1S/C19H21N3O4S/c1-14-7-9-15(10-8-14)11-12-18(23)20-21-19(24)16-5-4-6-17(13-16)27(25,26)22(2)3/h4-13H,1-3H3,(H,20,23)(H,21,24)/b12-11+. The van der Waals surface area contributed by atoms with E-state index in [0.717, 1.165) is 15.4 Å². The molecule has 2 amide bonds. The van der Waals surface area contributed by atoms with Crippen LogP contribution in [-0.2, 0) is 14.8 Å². The fourth-order valence-electron chi connectivity index (χ4n) is 2.09. The predicted octanol–water partition coefficient (Wildman–Crippen LogP) is 1.72. The Hall–Kier alpha value is -2.97. The summed E-state index contributed by atoms with van der Waals surface area (Å²) in [6.45, 7) is 1.97. The van der Waals surface area contributed by atoms with Gasteiger partial charge in [-0.15, -0.1) is 0 Å². The van der Waals surface area contributed by atoms with E-state index in [-0.39, 0.29) is 10.5 Å². The van der Waals surface area contributed by atoms with Crippen LogP contribution in [-0.4, -0.2) is 38.6 Å². The van der Waals surface area contributed by atoms with Crippen LogP contribution in [0.3, 0.4) is 0 Å². The van der Waals surface area contributed by atoms with Gasteiger partial charge in [-0.3, -0.25) is 20.4 Å². The quantitative estimate of drug-likeness (QED) is 0.603. The summed E-state index contributed by atoms with van der Waals surface area (Å²) in [4.78, 5) is 24.0. The van der Waals surface area contributed by atoms with Gasteiger partial charge in [0.15, 0.2) is 0 Å². The number of benzene rings is 2. The van der Waals surface area contributed by atoms with Crippen LogP contribution in [0.4, 0.5) is 0 Å². The molecule has 0 bridgehead atoms. The van der Waals surface area contributed by atoms with E-state index in [1.54, 1.807) is 6.08 Å². The lowest BCUT2D eigenvalue weighted by Gasteiger charge is -2.12. The Morgan fingerprint density at radius 3 is 2.30 bits per heavy atom. The minimum absolute atomic E-state index is 0.00857. The molecule has 27 heavy (non-hydrogen) atoms. The van der Waals surface area contributed by atoms with E-state index < -0.39 is 21.8 Å². The van der Waals surface area contributed by atoms with Crippen molar-refractivity contribution >= 4 is 27.9 Å². The van der Waals surface area contributed by atoms with Crippen LogP contribution in [0.15, 0.2) is 59.5 Å². The van der Waals surface area contributed by atoms with Crippen molar-refractivity contribution in [1.29, 1.82) is 0 Å². The van der Waals surface area contributed by atoms with Gasteiger partial charge < -0.3 is 0 Å². The highest BCUT2D eigenvalue weighted by Crippen LogP contribution is 2.14. The number of nitrogens with zero attached hydrogens (tertiary/aromatic N) is 1. The van der Waals surface area contributed by atoms with Crippen molar-refractivity contribution in [2.24, 2.45) is 0 Å². The molecule has 2 aromatic rings. The second-order valence-corrected chi connectivity index (χ2v) is 8.15. The first-order chi connectivity index (χ1) is 12.7. The maximum absolute atomic E-state index is 12.2. The van der Waals surface area contributed by atoms with Gasteiger partial charge >= 0.3 is 0 Å². The Balaban J connectivity index is 1.99. The van der Waals surface area contributed by atoms with Crippen LogP contribution < -0.4 is 10.9 Å². The molecule has 0 atom stereocenters. The highest BCUT2D eigenvalue weighted by atomic mass is 32.2. The SMILES string of the molecule is Cc1ccc(/C=C/C(=O)NNC(=O)c2cccc(S(=O)(=O)N(C)C)c2)cc1. The number of carbonyl (C=O) groups excluding carboxylic acids is 2. The lowest BCUT2D eigenvalue weighted by Crippen LogP contribution is -2.40. The zero-order valence-electron chi connectivity index (χ0n) is 15.3. The number of sulfonamides is 1. The number of carbonyl (C=O) groups is 2. The molecule has 0 aliphatic heterocycles. The van der Waals surface area contributed by atoms with Gasteiger partial charge in [0.05, 0.1) is 4.90 Å². The predicted molar refractivity (Wildman–Crippen MR) is 103 cm³/mol. The molecule has 0 aromatic heterocycles. The van der Waals surface area contributed by atoms with Crippen LogP contribution >= 0.6 is 0 Å². The summed E-state index contributed by atoms with van der Waals surface area (Å²) in [5.74, 6) is -1.14. The first-order valence-corrected chi connectivity index (χ1v) is 9.52. The molecule has 8 heteroatoms. The molecule has 0 saturated carbocycles. The zero-order chi connectivity index (χ0) is 20.0. The van der Waals surface area contributed by atoms with Crippen LogP contribution in [0.25, 0.3) is 6.08 Å². The largest absolute Gasteiger partial charge is 0.269 e. The van der Waals surface area contributed by atoms with E-state index >= 15 is 0 Å². The monoisotopic (exact) mass is 387 g/mol. The summed E-state index contributed by atoms with van der Waals surface area (Å²) in [6.07, 6.45) is 2.91. The normalized spacial score (nSPS) is 11.6. The van der Waals surface area contributed by atoms with Crippen molar-refractivity contribution in [3.63, 3.8) is 0 Å². The summed E-state index contributed by atoms with van der Waals surface area (Å²) < 4.78 is 25.3. The van der Waals surface area contributed by atoms with Crippen LogP contribution in [0, 0.1) is 6.92 Å². The molecule has 142 valence electrons. The third kappa shape index (κ3) is 5.50. The van der Waals surface area contributed by atoms with E-state index in [1.807, 2.05) is 31.2 Å². The van der Waals surface area contributed by atoms with Crippen molar-refractivity contribution in [3.8, 4) is 0 Å². The second kappa shape index (κ2) is 8.61. The molecule has 0 saturated heterocycles. The topological polar surface area (TPSA) is 95.6 Å². The Morgan fingerprint density at radius 1 is 1.00 bits per heavy atom. The van der Waals surface area contributed by atoms with Crippen molar-refractivity contribution in [2.75, 3.05) is 14.1 Å². The van der Waals surface area contributed by atoms with Crippen LogP contribution in [0.1, 0.15) is 21.5 Å². The smallest absolute Gasteiger partial charge is 0.268 e. The zero-order valence-corrected chi connectivity index (χ0v) is 16.1. The molecule has 0 radical (unpaired) electrons. The lowest BCUT2D eigenvalue weighted by atomic mass is 10.1. The highest BCUT2D eigenvalue weighted by molar-refractivity contribution is 7.89. The number of hydrazine groups is 1. The van der Waals surface area contributed by atoms with Crippen LogP contribution in [0.5, 0.6) is 0 Å². The van der Waals surface area contributed by atoms with Gasteiger partial charge in [-0.25, -0.2) is 12.7 Å². The molecule has 0 spiro atoms. The van der Waals surface area contributed by atoms with Gasteiger partial charge in [-0.2, -0.15) is 0 Å². The third-order valence-electron chi connectivity index (χ3n) is 3.68. The summed E-state index contributed by atoms with van der Waals surface area (Å²) in [5, 5.41) is 0. The van der Waals surface area contributed by atoms with Gasteiger partial charge in [0.2, 0.25) is 10.0 Å². The second-order valence-electron chi connectivity index (χ2n) is 6.00. The number of amides is 2. The van der Waals surface area contributed by atoms with Crippen molar-refractivity contribution < 1.29 is 18.0 Å². The van der Waals surface area contributed by atoms with Crippen molar-refractivity contribution in [3.05, 3.63) is 71.3 Å². The number of aryl methyl sites for hydroxylation is 1. The molecule has 0 fully saturated rings. The van der Waals surface area contributed by atoms with Gasteiger partial charge in [0, 0.05) is 25.7 Å². The van der Waals surface area contributed by atoms with Gasteiger partial charge in [-0.1, -0.05) is 35.9 Å². The minimum atomic E-state index is -3.65. The Kier molecular flexibility index (Phi) is 6.49. The van der Waals surface area contributed by atoms with Gasteiger partial charge in [0.1, 0.15) is 0 Å². The van der Waals surface area contributed by atoms with Gasteiger partial charge in [-0.05, 0) is 36.8 Å². The van der Waals surface area contributed by atoms with Crippen molar-refractivity contribution in [2.45, 2.75) is 11.8 Å². The number of rotatable bonds is 5. The van der Waals surface area contributed by atoms with Crippen LogP contribution in [0.2, 0.25) is 0 Å². The third-order valence-corrected chi connectivity index (χ3v) is 5.49. The van der Waals surface area contributed by atoms with E-state index in [2.05, 4.69) is 10.9 Å². The molecule has 0 aliphatic carbocycles. The lowest BCUT2D eigenvalue weighted by molar-refractivity contribution is -0.117. The average molecular weight is 387 g/mol. The molecule has 2 N–H and O–H groups in total. The summed E-state index contributed by atoms with van der Waals surface area (Å²) in [7, 11) is -0.841. The number of hydrogen-bond donors (Lipinski definition) is 2. The maximum Gasteiger partial charge on any atom is 0.269 e. The van der Waals surface area contributed by atoms with E-state index in [0.29, 0.717) is 0 Å². The minimum Gasteiger partial charge on any atom is -0.268 e. The first kappa shape index (κ1) is 20.3. The highest BCUT2D eigenvalue weighted by Gasteiger charge is 2.18. The maximum atomic E-state index is 12.2. The van der Waals surface area contributed by atoms with Crippen molar-refractivity contribution in [1.82, 2.24) is 15.2 Å². The van der Waals surface area contributed by atoms with E-state index in [4.69, 9.17) is 0 Å². The molecule has 0 aliphatic rings. The molecule has 2 rings (SSSR count). The average Bonchev–Trinajstić information content (AvgIpc) is 2.65. The summed E-state index contributed by atoms with van der Waals surface area (Å²) in [5.41, 5.74) is 6.59. The fourth-order valence-corrected chi connectivity index (χ4v) is 3.04. The Labute approximate surface area is 158 Å². The van der Waals surface area contributed by atoms with E-state index in [9.17, 15) is 18.0 Å². The molecule has 7 nitrogen and oxygen atoms in total. The molecular weight excluding hydrogens is 366 g/mol. The Morgan fingerprint density at radius 2 is 1.67 bits per heavy atom. The van der Waals surface area contributed by atoms with Gasteiger partial charge in [0.25, 0.3) is 11.8 Å². The summed E-state index contributed by atoms with van der Waals surface area (Å²) in [6, 6.07) is 13.2. The Bertz CT molecular complexity index is 965. The molecule has 0 heterocycles. The first-order valence-electron chi connectivity index (χ1n) is 8.08. The van der Waals surface area contributed by atoms with E-state index in [1.165, 1.54) is 44.4 Å². The summed E-state index contributed by atoms with van der Waals surface area (Å²) >= 11 is 0. The number of hydrogen-bond acceptors (Lipinski definition) is 4. The molecule has 0 unspecified atom stereocenters. The molecule has 2 aromatic carbocycles. The molecular formula is C19H21N3O4S.